The number of aromatic nitrogens is 2. The molecule has 1 aromatic carbocycles. The van der Waals surface area contributed by atoms with Crippen LogP contribution in [0.3, 0.4) is 0 Å². The van der Waals surface area contributed by atoms with E-state index in [0.717, 1.165) is 43.7 Å². The van der Waals surface area contributed by atoms with Crippen molar-refractivity contribution in [3.05, 3.63) is 46.4 Å². The SMILES string of the molecule is CCN1CCC(c2cc(OC(C)C)c(Nc3ncc(Cl)c(N/C(=C/NC)C(=N)S(=O)(=O)C(C)C)n3)cc2C)CC1. The molecule has 10 nitrogen and oxygen atoms in total. The van der Waals surface area contributed by atoms with Gasteiger partial charge >= 0.3 is 0 Å². The van der Waals surface area contributed by atoms with Crippen LogP contribution in [-0.2, 0) is 9.84 Å². The first-order chi connectivity index (χ1) is 18.9. The molecule has 0 spiro atoms. The average Bonchev–Trinajstić information content (AvgIpc) is 2.91. The minimum Gasteiger partial charge on any atom is -0.489 e. The maximum absolute atomic E-state index is 12.6. The van der Waals surface area contributed by atoms with Crippen LogP contribution in [-0.4, -0.2) is 66.4 Å². The lowest BCUT2D eigenvalue weighted by Gasteiger charge is -2.32. The van der Waals surface area contributed by atoms with Crippen molar-refractivity contribution in [1.82, 2.24) is 20.2 Å². The second kappa shape index (κ2) is 13.6. The molecule has 1 aliphatic rings. The highest BCUT2D eigenvalue weighted by Gasteiger charge is 2.27. The Morgan fingerprint density at radius 2 is 1.93 bits per heavy atom. The zero-order valence-corrected chi connectivity index (χ0v) is 26.0. The molecular formula is C28H42ClN7O3S. The number of aryl methyl sites for hydroxylation is 1. The Morgan fingerprint density at radius 3 is 2.50 bits per heavy atom. The van der Waals surface area contributed by atoms with E-state index in [1.807, 2.05) is 13.8 Å². The van der Waals surface area contributed by atoms with Crippen molar-refractivity contribution in [2.45, 2.75) is 71.7 Å². The summed E-state index contributed by atoms with van der Waals surface area (Å²) < 4.78 is 31.5. The fourth-order valence-corrected chi connectivity index (χ4v) is 5.63. The van der Waals surface area contributed by atoms with Gasteiger partial charge in [-0.15, -0.1) is 0 Å². The molecule has 0 aliphatic carbocycles. The van der Waals surface area contributed by atoms with Gasteiger partial charge in [-0.25, -0.2) is 13.4 Å². The first-order valence-electron chi connectivity index (χ1n) is 13.7. The molecule has 0 atom stereocenters. The summed E-state index contributed by atoms with van der Waals surface area (Å²) in [6.45, 7) is 14.6. The predicted molar refractivity (Wildman–Crippen MR) is 164 cm³/mol. The number of ether oxygens (including phenoxy) is 1. The number of anilines is 3. The van der Waals surface area contributed by atoms with Crippen LogP contribution in [0.15, 0.2) is 30.2 Å². The number of likely N-dealkylation sites (tertiary alicyclic amines) is 1. The second-order valence-corrected chi connectivity index (χ2v) is 13.3. The fourth-order valence-electron chi connectivity index (χ4n) is 4.61. The standard InChI is InChI=1S/C28H42ClN7O3S/c1-8-36-11-9-20(10-12-36)21-14-25(39-17(2)3)23(13-19(21)6)34-28-32-15-22(29)27(35-28)33-24(16-31-7)26(30)40(37,38)18(4)5/h13-18,20,30-31H,8-12H2,1-7H3,(H2,32,33,34,35)/b24-16+,30-26?. The molecule has 0 saturated carbocycles. The van der Waals surface area contributed by atoms with E-state index >= 15 is 0 Å². The third kappa shape index (κ3) is 7.64. The molecule has 1 aliphatic heterocycles. The molecule has 1 saturated heterocycles. The zero-order chi connectivity index (χ0) is 29.6. The van der Waals surface area contributed by atoms with Gasteiger partial charge in [-0.3, -0.25) is 5.41 Å². The molecule has 2 heterocycles. The Hall–Kier alpha value is -2.89. The molecule has 4 N–H and O–H groups in total. The molecule has 2 aromatic rings. The summed E-state index contributed by atoms with van der Waals surface area (Å²) in [7, 11) is -2.23. The van der Waals surface area contributed by atoms with Gasteiger partial charge in [0, 0.05) is 13.2 Å². The quantitative estimate of drug-likeness (QED) is 0.199. The lowest BCUT2D eigenvalue weighted by Crippen LogP contribution is -2.32. The number of sulfone groups is 1. The van der Waals surface area contributed by atoms with E-state index < -0.39 is 20.1 Å². The second-order valence-electron chi connectivity index (χ2n) is 10.5. The van der Waals surface area contributed by atoms with Crippen LogP contribution in [0.25, 0.3) is 0 Å². The molecule has 220 valence electrons. The van der Waals surface area contributed by atoms with Gasteiger partial charge in [-0.1, -0.05) is 18.5 Å². The van der Waals surface area contributed by atoms with Crippen molar-refractivity contribution in [1.29, 1.82) is 5.41 Å². The Labute approximate surface area is 243 Å². The van der Waals surface area contributed by atoms with Crippen LogP contribution in [0.1, 0.15) is 64.5 Å². The van der Waals surface area contributed by atoms with E-state index in [9.17, 15) is 8.42 Å². The zero-order valence-electron chi connectivity index (χ0n) is 24.4. The first kappa shape index (κ1) is 31.6. The normalized spacial score (nSPS) is 15.4. The van der Waals surface area contributed by atoms with Crippen LogP contribution >= 0.6 is 11.6 Å². The molecule has 12 heteroatoms. The lowest BCUT2D eigenvalue weighted by atomic mass is 9.86. The smallest absolute Gasteiger partial charge is 0.229 e. The lowest BCUT2D eigenvalue weighted by molar-refractivity contribution is 0.221. The van der Waals surface area contributed by atoms with E-state index in [1.165, 1.54) is 31.8 Å². The summed E-state index contributed by atoms with van der Waals surface area (Å²) >= 11 is 6.37. The number of hydrogen-bond donors (Lipinski definition) is 4. The van der Waals surface area contributed by atoms with Gasteiger partial charge in [0.15, 0.2) is 20.7 Å². The number of hydrogen-bond acceptors (Lipinski definition) is 10. The van der Waals surface area contributed by atoms with Crippen molar-refractivity contribution in [3.8, 4) is 5.75 Å². The summed E-state index contributed by atoms with van der Waals surface area (Å²) in [5.41, 5.74) is 3.19. The van der Waals surface area contributed by atoms with Gasteiger partial charge in [0.1, 0.15) is 10.8 Å². The number of nitrogens with one attached hydrogen (secondary N) is 4. The predicted octanol–water partition coefficient (Wildman–Crippen LogP) is 5.44. The van der Waals surface area contributed by atoms with Crippen molar-refractivity contribution >= 4 is 43.9 Å². The molecule has 1 aromatic heterocycles. The molecule has 0 unspecified atom stereocenters. The summed E-state index contributed by atoms with van der Waals surface area (Å²) in [5, 5.41) is 16.1. The Balaban J connectivity index is 1.92. The molecule has 0 bridgehead atoms. The minimum absolute atomic E-state index is 0.0147. The van der Waals surface area contributed by atoms with Gasteiger partial charge in [0.2, 0.25) is 5.95 Å². The van der Waals surface area contributed by atoms with E-state index in [-0.39, 0.29) is 28.6 Å². The van der Waals surface area contributed by atoms with Crippen molar-refractivity contribution in [2.24, 2.45) is 0 Å². The van der Waals surface area contributed by atoms with Crippen LogP contribution in [0.4, 0.5) is 17.5 Å². The maximum Gasteiger partial charge on any atom is 0.229 e. The van der Waals surface area contributed by atoms with Crippen molar-refractivity contribution in [2.75, 3.05) is 37.3 Å². The van der Waals surface area contributed by atoms with Crippen LogP contribution in [0.2, 0.25) is 5.02 Å². The van der Waals surface area contributed by atoms with Gasteiger partial charge in [0.25, 0.3) is 0 Å². The number of benzene rings is 1. The molecule has 40 heavy (non-hydrogen) atoms. The highest BCUT2D eigenvalue weighted by atomic mass is 35.5. The third-order valence-corrected chi connectivity index (χ3v) is 9.19. The first-order valence-corrected chi connectivity index (χ1v) is 15.6. The largest absolute Gasteiger partial charge is 0.489 e. The highest BCUT2D eigenvalue weighted by molar-refractivity contribution is 8.07. The van der Waals surface area contributed by atoms with Crippen LogP contribution in [0.5, 0.6) is 5.75 Å². The summed E-state index contributed by atoms with van der Waals surface area (Å²) in [6, 6.07) is 4.19. The number of nitrogens with zero attached hydrogens (tertiary/aromatic N) is 3. The Kier molecular flexibility index (Phi) is 10.8. The number of rotatable bonds is 11. The van der Waals surface area contributed by atoms with Crippen LogP contribution in [0, 0.1) is 12.3 Å². The molecule has 3 rings (SSSR count). The highest BCUT2D eigenvalue weighted by Crippen LogP contribution is 2.38. The minimum atomic E-state index is -3.84. The fraction of sp³-hybridized carbons (Fsp3) is 0.536. The molecular weight excluding hydrogens is 550 g/mol. The third-order valence-electron chi connectivity index (χ3n) is 6.89. The molecule has 0 amide bonds. The topological polar surface area (TPSA) is 132 Å². The molecule has 1 fully saturated rings. The maximum atomic E-state index is 12.6. The van der Waals surface area contributed by atoms with Crippen molar-refractivity contribution < 1.29 is 13.2 Å². The van der Waals surface area contributed by atoms with Crippen LogP contribution < -0.4 is 20.7 Å². The van der Waals surface area contributed by atoms with E-state index in [4.69, 9.17) is 21.7 Å². The van der Waals surface area contributed by atoms with Gasteiger partial charge < -0.3 is 25.6 Å². The number of halogens is 1. The Morgan fingerprint density at radius 1 is 1.25 bits per heavy atom. The number of piperidine rings is 1. The average molecular weight is 592 g/mol. The summed E-state index contributed by atoms with van der Waals surface area (Å²) in [6.07, 6.45) is 4.99. The van der Waals surface area contributed by atoms with E-state index in [1.54, 1.807) is 7.05 Å². The van der Waals surface area contributed by atoms with Crippen molar-refractivity contribution in [3.63, 3.8) is 0 Å². The monoisotopic (exact) mass is 591 g/mol. The van der Waals surface area contributed by atoms with E-state index in [2.05, 4.69) is 56.8 Å². The molecule has 0 radical (unpaired) electrons. The van der Waals surface area contributed by atoms with Gasteiger partial charge in [-0.2, -0.15) is 4.98 Å². The summed E-state index contributed by atoms with van der Waals surface area (Å²) in [4.78, 5) is 11.3. The van der Waals surface area contributed by atoms with E-state index in [0.29, 0.717) is 11.7 Å². The van der Waals surface area contributed by atoms with Gasteiger partial charge in [0.05, 0.1) is 28.9 Å². The summed E-state index contributed by atoms with van der Waals surface area (Å²) in [5.74, 6) is 1.59. The Bertz CT molecular complexity index is 1340. The van der Waals surface area contributed by atoms with Gasteiger partial charge in [-0.05, 0) is 96.3 Å².